The first kappa shape index (κ1) is 26.0. The van der Waals surface area contributed by atoms with Gasteiger partial charge in [-0.25, -0.2) is 12.8 Å². The van der Waals surface area contributed by atoms with Crippen LogP contribution in [0.1, 0.15) is 26.3 Å². The van der Waals surface area contributed by atoms with Crippen LogP contribution < -0.4 is 9.62 Å². The van der Waals surface area contributed by atoms with Gasteiger partial charge in [-0.3, -0.25) is 13.9 Å². The van der Waals surface area contributed by atoms with E-state index in [0.29, 0.717) is 5.69 Å². The van der Waals surface area contributed by atoms with Crippen molar-refractivity contribution in [2.24, 2.45) is 0 Å². The van der Waals surface area contributed by atoms with Crippen molar-refractivity contribution in [2.45, 2.75) is 39.4 Å². The molecule has 2 amide bonds. The molecule has 0 saturated carbocycles. The molecule has 0 spiro atoms. The molecule has 2 aromatic carbocycles. The number of benzene rings is 2. The van der Waals surface area contributed by atoms with Crippen LogP contribution in [0.25, 0.3) is 0 Å². The van der Waals surface area contributed by atoms with E-state index < -0.39 is 40.2 Å². The molecule has 7 nitrogen and oxygen atoms in total. The molecule has 0 saturated heterocycles. The van der Waals surface area contributed by atoms with Crippen LogP contribution in [0.15, 0.2) is 48.5 Å². The van der Waals surface area contributed by atoms with Crippen LogP contribution in [0.5, 0.6) is 0 Å². The molecule has 1 atom stereocenters. The van der Waals surface area contributed by atoms with Crippen LogP contribution in [-0.4, -0.2) is 50.0 Å². The fourth-order valence-electron chi connectivity index (χ4n) is 3.02. The van der Waals surface area contributed by atoms with Crippen molar-refractivity contribution in [1.29, 1.82) is 0 Å². The standard InChI is InChI=1S/C22H27FIN3O4S/c1-15(2)25-22(29)16(3)26(13-17-7-5-6-8-20(17)23)21(28)14-27(32(4,30)31)19-11-9-18(24)10-12-19/h5-12,15-16H,13-14H2,1-4H3,(H,25,29). The maximum absolute atomic E-state index is 14.3. The molecule has 0 heterocycles. The zero-order valence-corrected chi connectivity index (χ0v) is 21.4. The minimum atomic E-state index is -3.80. The van der Waals surface area contributed by atoms with E-state index in [2.05, 4.69) is 27.9 Å². The monoisotopic (exact) mass is 575 g/mol. The van der Waals surface area contributed by atoms with E-state index in [1.54, 1.807) is 44.2 Å². The van der Waals surface area contributed by atoms with Gasteiger partial charge >= 0.3 is 0 Å². The number of rotatable bonds is 9. The lowest BCUT2D eigenvalue weighted by molar-refractivity contribution is -0.139. The maximum atomic E-state index is 14.3. The molecule has 0 radical (unpaired) electrons. The second kappa shape index (κ2) is 11.1. The first-order chi connectivity index (χ1) is 14.9. The van der Waals surface area contributed by atoms with Crippen LogP contribution in [-0.2, 0) is 26.2 Å². The van der Waals surface area contributed by atoms with Gasteiger partial charge in [-0.15, -0.1) is 0 Å². The second-order valence-corrected chi connectivity index (χ2v) is 10.9. The summed E-state index contributed by atoms with van der Waals surface area (Å²) in [4.78, 5) is 27.1. The van der Waals surface area contributed by atoms with Crippen LogP contribution >= 0.6 is 22.6 Å². The number of anilines is 1. The summed E-state index contributed by atoms with van der Waals surface area (Å²) >= 11 is 2.09. The smallest absolute Gasteiger partial charge is 0.244 e. The van der Waals surface area contributed by atoms with Gasteiger partial charge in [0, 0.05) is 21.7 Å². The first-order valence-corrected chi connectivity index (χ1v) is 12.9. The third-order valence-corrected chi connectivity index (χ3v) is 6.55. The Morgan fingerprint density at radius 3 is 2.19 bits per heavy atom. The molecule has 174 valence electrons. The molecule has 0 aromatic heterocycles. The summed E-state index contributed by atoms with van der Waals surface area (Å²) in [5, 5.41) is 2.74. The second-order valence-electron chi connectivity index (χ2n) is 7.70. The van der Waals surface area contributed by atoms with Gasteiger partial charge in [0.05, 0.1) is 11.9 Å². The number of hydrogen-bond donors (Lipinski definition) is 1. The van der Waals surface area contributed by atoms with E-state index in [1.807, 2.05) is 0 Å². The van der Waals surface area contributed by atoms with Gasteiger partial charge < -0.3 is 10.2 Å². The Labute approximate surface area is 202 Å². The molecule has 0 fully saturated rings. The van der Waals surface area contributed by atoms with Crippen molar-refractivity contribution in [1.82, 2.24) is 10.2 Å². The third-order valence-electron chi connectivity index (χ3n) is 4.69. The van der Waals surface area contributed by atoms with Crippen molar-refractivity contribution >= 4 is 50.1 Å². The number of carbonyl (C=O) groups is 2. The fourth-order valence-corrected chi connectivity index (χ4v) is 4.23. The molecule has 2 rings (SSSR count). The molecule has 1 N–H and O–H groups in total. The lowest BCUT2D eigenvalue weighted by Crippen LogP contribution is -2.52. The molecule has 32 heavy (non-hydrogen) atoms. The summed E-state index contributed by atoms with van der Waals surface area (Å²) in [7, 11) is -3.80. The summed E-state index contributed by atoms with van der Waals surface area (Å²) < 4.78 is 41.1. The first-order valence-electron chi connectivity index (χ1n) is 9.96. The van der Waals surface area contributed by atoms with Crippen molar-refractivity contribution < 1.29 is 22.4 Å². The van der Waals surface area contributed by atoms with E-state index in [-0.39, 0.29) is 18.2 Å². The lowest BCUT2D eigenvalue weighted by Gasteiger charge is -2.32. The van der Waals surface area contributed by atoms with Gasteiger partial charge in [-0.1, -0.05) is 18.2 Å². The van der Waals surface area contributed by atoms with Gasteiger partial charge in [0.1, 0.15) is 18.4 Å². The van der Waals surface area contributed by atoms with E-state index in [1.165, 1.54) is 30.0 Å². The van der Waals surface area contributed by atoms with Crippen LogP contribution in [0.2, 0.25) is 0 Å². The SMILES string of the molecule is CC(C)NC(=O)C(C)N(Cc1ccccc1F)C(=O)CN(c1ccc(I)cc1)S(C)(=O)=O. The number of nitrogens with zero attached hydrogens (tertiary/aromatic N) is 2. The molecular weight excluding hydrogens is 548 g/mol. The fraction of sp³-hybridized carbons (Fsp3) is 0.364. The van der Waals surface area contributed by atoms with E-state index in [4.69, 9.17) is 0 Å². The number of halogens is 2. The number of carbonyl (C=O) groups excluding carboxylic acids is 2. The Balaban J connectivity index is 2.39. The lowest BCUT2D eigenvalue weighted by atomic mass is 10.1. The maximum Gasteiger partial charge on any atom is 0.244 e. The largest absolute Gasteiger partial charge is 0.352 e. The summed E-state index contributed by atoms with van der Waals surface area (Å²) in [5.41, 5.74) is 0.552. The number of hydrogen-bond acceptors (Lipinski definition) is 4. The predicted molar refractivity (Wildman–Crippen MR) is 131 cm³/mol. The molecule has 0 aliphatic carbocycles. The zero-order chi connectivity index (χ0) is 24.1. The Bertz CT molecular complexity index is 1060. The molecule has 0 aliphatic rings. The topological polar surface area (TPSA) is 86.8 Å². The average molecular weight is 575 g/mol. The van der Waals surface area contributed by atoms with Crippen molar-refractivity contribution in [3.63, 3.8) is 0 Å². The highest BCUT2D eigenvalue weighted by atomic mass is 127. The number of amides is 2. The van der Waals surface area contributed by atoms with Gasteiger partial charge in [-0.05, 0) is 73.7 Å². The summed E-state index contributed by atoms with van der Waals surface area (Å²) in [6.07, 6.45) is 1.01. The highest BCUT2D eigenvalue weighted by Crippen LogP contribution is 2.21. The van der Waals surface area contributed by atoms with Gasteiger partial charge in [-0.2, -0.15) is 0 Å². The van der Waals surface area contributed by atoms with Gasteiger partial charge in [0.25, 0.3) is 0 Å². The third kappa shape index (κ3) is 7.16. The van der Waals surface area contributed by atoms with E-state index in [9.17, 15) is 22.4 Å². The van der Waals surface area contributed by atoms with E-state index >= 15 is 0 Å². The molecule has 2 aromatic rings. The molecule has 0 aliphatic heterocycles. The van der Waals surface area contributed by atoms with Crippen molar-refractivity contribution in [2.75, 3.05) is 17.1 Å². The number of sulfonamides is 1. The summed E-state index contributed by atoms with van der Waals surface area (Å²) in [6, 6.07) is 11.5. The Morgan fingerprint density at radius 1 is 1.06 bits per heavy atom. The molecule has 1 unspecified atom stereocenters. The van der Waals surface area contributed by atoms with E-state index in [0.717, 1.165) is 14.1 Å². The highest BCUT2D eigenvalue weighted by Gasteiger charge is 2.30. The summed E-state index contributed by atoms with van der Waals surface area (Å²) in [5.74, 6) is -1.55. The number of nitrogens with one attached hydrogen (secondary N) is 1. The summed E-state index contributed by atoms with van der Waals surface area (Å²) in [6.45, 7) is 4.41. The Kier molecular flexibility index (Phi) is 9.02. The molecule has 0 bridgehead atoms. The van der Waals surface area contributed by atoms with Crippen LogP contribution in [0, 0.1) is 9.39 Å². The Hall–Kier alpha value is -2.21. The normalized spacial score (nSPS) is 12.3. The predicted octanol–water partition coefficient (Wildman–Crippen LogP) is 3.14. The minimum Gasteiger partial charge on any atom is -0.352 e. The minimum absolute atomic E-state index is 0.158. The average Bonchev–Trinajstić information content (AvgIpc) is 2.70. The van der Waals surface area contributed by atoms with Gasteiger partial charge in [0.2, 0.25) is 21.8 Å². The Morgan fingerprint density at radius 2 is 1.66 bits per heavy atom. The van der Waals surface area contributed by atoms with Crippen LogP contribution in [0.4, 0.5) is 10.1 Å². The van der Waals surface area contributed by atoms with Crippen molar-refractivity contribution in [3.05, 3.63) is 63.5 Å². The highest BCUT2D eigenvalue weighted by molar-refractivity contribution is 14.1. The van der Waals surface area contributed by atoms with Gasteiger partial charge in [0.15, 0.2) is 0 Å². The zero-order valence-electron chi connectivity index (χ0n) is 18.4. The quantitative estimate of drug-likeness (QED) is 0.466. The molecular formula is C22H27FIN3O4S. The van der Waals surface area contributed by atoms with Crippen LogP contribution in [0.3, 0.4) is 0 Å². The van der Waals surface area contributed by atoms with Crippen molar-refractivity contribution in [3.8, 4) is 0 Å². The molecule has 10 heteroatoms.